The summed E-state index contributed by atoms with van der Waals surface area (Å²) in [7, 11) is 0. The van der Waals surface area contributed by atoms with Crippen molar-refractivity contribution in [1.82, 2.24) is 10.2 Å². The molecule has 1 N–H and O–H groups in total. The minimum atomic E-state index is 0.434. The van der Waals surface area contributed by atoms with Crippen molar-refractivity contribution in [1.29, 1.82) is 0 Å². The standard InChI is InChI=1S/C11H18N2O.C2H6/c1-2-3-6-13-7-8-14-11-4-5-12-9-10(11)13;1-2/h10-12H,4-9H2,1H3;1-2H3. The number of morpholine rings is 1. The molecule has 0 aliphatic carbocycles. The van der Waals surface area contributed by atoms with Gasteiger partial charge in [-0.2, -0.15) is 0 Å². The lowest BCUT2D eigenvalue weighted by Gasteiger charge is -2.43. The first-order chi connectivity index (χ1) is 7.92. The quantitative estimate of drug-likeness (QED) is 0.675. The number of ether oxygens (including phenoxy) is 1. The first-order valence-electron chi connectivity index (χ1n) is 6.38. The van der Waals surface area contributed by atoms with E-state index in [9.17, 15) is 0 Å². The van der Waals surface area contributed by atoms with Gasteiger partial charge in [0.25, 0.3) is 0 Å². The van der Waals surface area contributed by atoms with Crippen molar-refractivity contribution in [3.63, 3.8) is 0 Å². The number of piperidine rings is 1. The van der Waals surface area contributed by atoms with E-state index in [-0.39, 0.29) is 0 Å². The van der Waals surface area contributed by atoms with E-state index in [0.29, 0.717) is 12.1 Å². The number of fused-ring (bicyclic) bond motifs is 1. The van der Waals surface area contributed by atoms with Crippen LogP contribution in [-0.2, 0) is 4.74 Å². The van der Waals surface area contributed by atoms with Crippen molar-refractivity contribution in [2.24, 2.45) is 0 Å². The van der Waals surface area contributed by atoms with Gasteiger partial charge in [0, 0.05) is 19.1 Å². The first kappa shape index (κ1) is 13.5. The molecule has 2 saturated heterocycles. The number of nitrogens with zero attached hydrogens (tertiary/aromatic N) is 1. The van der Waals surface area contributed by atoms with Crippen LogP contribution in [0.25, 0.3) is 0 Å². The highest BCUT2D eigenvalue weighted by Gasteiger charge is 2.33. The van der Waals surface area contributed by atoms with E-state index < -0.39 is 0 Å². The topological polar surface area (TPSA) is 24.5 Å². The monoisotopic (exact) mass is 224 g/mol. The lowest BCUT2D eigenvalue weighted by Crippen LogP contribution is -2.59. The molecule has 0 radical (unpaired) electrons. The molecule has 2 aliphatic rings. The van der Waals surface area contributed by atoms with Gasteiger partial charge in [0.15, 0.2) is 0 Å². The van der Waals surface area contributed by atoms with Gasteiger partial charge in [0.1, 0.15) is 0 Å². The lowest BCUT2D eigenvalue weighted by molar-refractivity contribution is -0.0777. The van der Waals surface area contributed by atoms with Crippen LogP contribution in [0.15, 0.2) is 0 Å². The molecular weight excluding hydrogens is 200 g/mol. The van der Waals surface area contributed by atoms with Crippen LogP contribution >= 0.6 is 0 Å². The van der Waals surface area contributed by atoms with Crippen LogP contribution in [0.4, 0.5) is 0 Å². The van der Waals surface area contributed by atoms with E-state index in [2.05, 4.69) is 22.1 Å². The summed E-state index contributed by atoms with van der Waals surface area (Å²) in [5.41, 5.74) is 0. The Kier molecular flexibility index (Phi) is 6.47. The average Bonchev–Trinajstić information content (AvgIpc) is 2.38. The smallest absolute Gasteiger partial charge is 0.0755 e. The van der Waals surface area contributed by atoms with Crippen LogP contribution in [0.3, 0.4) is 0 Å². The zero-order valence-electron chi connectivity index (χ0n) is 10.8. The molecule has 0 aromatic carbocycles. The fourth-order valence-corrected chi connectivity index (χ4v) is 2.24. The van der Waals surface area contributed by atoms with Crippen molar-refractivity contribution in [2.45, 2.75) is 39.3 Å². The van der Waals surface area contributed by atoms with Gasteiger partial charge in [0.2, 0.25) is 0 Å². The minimum Gasteiger partial charge on any atom is -0.375 e. The van der Waals surface area contributed by atoms with Gasteiger partial charge in [-0.1, -0.05) is 19.8 Å². The van der Waals surface area contributed by atoms with E-state index in [0.717, 1.165) is 39.2 Å². The van der Waals surface area contributed by atoms with Crippen molar-refractivity contribution < 1.29 is 4.74 Å². The Hall–Kier alpha value is -0.560. The molecule has 2 rings (SSSR count). The predicted molar refractivity (Wildman–Crippen MR) is 67.4 cm³/mol. The predicted octanol–water partition coefficient (Wildman–Crippen LogP) is 1.10. The summed E-state index contributed by atoms with van der Waals surface area (Å²) in [5.74, 6) is 6.10. The first-order valence-corrected chi connectivity index (χ1v) is 6.38. The van der Waals surface area contributed by atoms with Gasteiger partial charge >= 0.3 is 0 Å². The van der Waals surface area contributed by atoms with E-state index in [1.807, 2.05) is 20.8 Å². The second kappa shape index (κ2) is 7.67. The Morgan fingerprint density at radius 3 is 3.00 bits per heavy atom. The highest BCUT2D eigenvalue weighted by atomic mass is 16.5. The number of nitrogens with one attached hydrogen (secondary N) is 1. The summed E-state index contributed by atoms with van der Waals surface area (Å²) in [6, 6.07) is 0.540. The van der Waals surface area contributed by atoms with Gasteiger partial charge < -0.3 is 10.1 Å². The Morgan fingerprint density at radius 2 is 2.25 bits per heavy atom. The van der Waals surface area contributed by atoms with Crippen molar-refractivity contribution >= 4 is 0 Å². The molecule has 16 heavy (non-hydrogen) atoms. The van der Waals surface area contributed by atoms with Gasteiger partial charge in [-0.3, -0.25) is 4.90 Å². The second-order valence-electron chi connectivity index (χ2n) is 3.87. The fraction of sp³-hybridized carbons (Fsp3) is 0.846. The Labute approximate surface area is 99.5 Å². The molecule has 3 nitrogen and oxygen atoms in total. The normalized spacial score (nSPS) is 29.2. The third kappa shape index (κ3) is 3.48. The maximum Gasteiger partial charge on any atom is 0.0755 e. The highest BCUT2D eigenvalue weighted by Crippen LogP contribution is 2.18. The van der Waals surface area contributed by atoms with Crippen LogP contribution < -0.4 is 5.32 Å². The molecule has 2 heterocycles. The maximum absolute atomic E-state index is 5.76. The van der Waals surface area contributed by atoms with E-state index in [1.54, 1.807) is 0 Å². The molecular formula is C13H24N2O. The number of hydrogen-bond acceptors (Lipinski definition) is 3. The molecule has 0 spiro atoms. The second-order valence-corrected chi connectivity index (χ2v) is 3.87. The molecule has 92 valence electrons. The van der Waals surface area contributed by atoms with Gasteiger partial charge in [-0.25, -0.2) is 0 Å². The summed E-state index contributed by atoms with van der Waals surface area (Å²) in [6.45, 7) is 10.8. The largest absolute Gasteiger partial charge is 0.375 e. The molecule has 0 bridgehead atoms. The highest BCUT2D eigenvalue weighted by molar-refractivity contribution is 5.01. The molecule has 2 atom stereocenters. The molecule has 2 unspecified atom stereocenters. The van der Waals surface area contributed by atoms with Crippen LogP contribution in [0, 0.1) is 11.8 Å². The van der Waals surface area contributed by atoms with Crippen LogP contribution in [0.5, 0.6) is 0 Å². The van der Waals surface area contributed by atoms with Crippen molar-refractivity contribution in [2.75, 3.05) is 32.8 Å². The Balaban J connectivity index is 0.000000606. The Morgan fingerprint density at radius 1 is 1.44 bits per heavy atom. The summed E-state index contributed by atoms with van der Waals surface area (Å²) in [6.07, 6.45) is 1.57. The van der Waals surface area contributed by atoms with E-state index >= 15 is 0 Å². The zero-order valence-corrected chi connectivity index (χ0v) is 10.8. The minimum absolute atomic E-state index is 0.434. The molecule has 0 aromatic rings. The number of hydrogen-bond donors (Lipinski definition) is 1. The van der Waals surface area contributed by atoms with Gasteiger partial charge in [-0.15, -0.1) is 5.92 Å². The van der Waals surface area contributed by atoms with Gasteiger partial charge in [-0.05, 0) is 19.9 Å². The van der Waals surface area contributed by atoms with Crippen molar-refractivity contribution in [3.05, 3.63) is 0 Å². The average molecular weight is 224 g/mol. The lowest BCUT2D eigenvalue weighted by atomic mass is 10.0. The molecule has 2 fully saturated rings. The molecule has 3 heteroatoms. The SMILES string of the molecule is CC.CC#CCN1CCOC2CCNCC21. The summed E-state index contributed by atoms with van der Waals surface area (Å²) < 4.78 is 5.76. The van der Waals surface area contributed by atoms with Crippen LogP contribution in [0.1, 0.15) is 27.2 Å². The summed E-state index contributed by atoms with van der Waals surface area (Å²) in [4.78, 5) is 2.44. The van der Waals surface area contributed by atoms with E-state index in [4.69, 9.17) is 4.74 Å². The molecule has 2 aliphatic heterocycles. The fourth-order valence-electron chi connectivity index (χ4n) is 2.24. The van der Waals surface area contributed by atoms with Crippen LogP contribution in [-0.4, -0.2) is 49.8 Å². The number of rotatable bonds is 1. The van der Waals surface area contributed by atoms with Crippen molar-refractivity contribution in [3.8, 4) is 11.8 Å². The molecule has 0 amide bonds. The zero-order chi connectivity index (χ0) is 11.8. The third-order valence-corrected chi connectivity index (χ3v) is 3.03. The summed E-state index contributed by atoms with van der Waals surface area (Å²) >= 11 is 0. The van der Waals surface area contributed by atoms with Gasteiger partial charge in [0.05, 0.1) is 19.3 Å². The van der Waals surface area contributed by atoms with E-state index in [1.165, 1.54) is 0 Å². The molecule has 0 saturated carbocycles. The molecule has 0 aromatic heterocycles. The summed E-state index contributed by atoms with van der Waals surface area (Å²) in [5, 5.41) is 3.42. The maximum atomic E-state index is 5.76. The Bertz CT molecular complexity index is 242. The van der Waals surface area contributed by atoms with Crippen LogP contribution in [0.2, 0.25) is 0 Å². The third-order valence-electron chi connectivity index (χ3n) is 3.03.